The molecule has 1 amide bonds. The molecule has 0 saturated carbocycles. The third-order valence-corrected chi connectivity index (χ3v) is 5.14. The van der Waals surface area contributed by atoms with Crippen LogP contribution in [0.15, 0.2) is 22.7 Å². The first-order valence-electron chi connectivity index (χ1n) is 5.17. The molecule has 0 radical (unpaired) electrons. The number of rotatable bonds is 1. The molecule has 1 heterocycles. The van der Waals surface area contributed by atoms with Crippen molar-refractivity contribution in [3.63, 3.8) is 0 Å². The van der Waals surface area contributed by atoms with Crippen LogP contribution in [0.2, 0.25) is 5.02 Å². The van der Waals surface area contributed by atoms with Gasteiger partial charge in [-0.3, -0.25) is 9.00 Å². The summed E-state index contributed by atoms with van der Waals surface area (Å²) in [5.41, 5.74) is 0.575. The van der Waals surface area contributed by atoms with E-state index in [-0.39, 0.29) is 5.91 Å². The van der Waals surface area contributed by atoms with E-state index in [1.54, 1.807) is 23.1 Å². The van der Waals surface area contributed by atoms with Crippen molar-refractivity contribution in [2.45, 2.75) is 0 Å². The van der Waals surface area contributed by atoms with E-state index < -0.39 is 10.8 Å². The van der Waals surface area contributed by atoms with Gasteiger partial charge in [-0.1, -0.05) is 11.6 Å². The van der Waals surface area contributed by atoms with E-state index in [1.807, 2.05) is 0 Å². The van der Waals surface area contributed by atoms with Gasteiger partial charge in [-0.15, -0.1) is 0 Å². The third-order valence-electron chi connectivity index (χ3n) is 2.63. The van der Waals surface area contributed by atoms with Crippen LogP contribution in [-0.2, 0) is 10.8 Å². The zero-order valence-corrected chi connectivity index (χ0v) is 12.1. The fraction of sp³-hybridized carbons (Fsp3) is 0.364. The van der Waals surface area contributed by atoms with Gasteiger partial charge in [0.05, 0.1) is 5.02 Å². The predicted octanol–water partition coefficient (Wildman–Crippen LogP) is 2.31. The highest BCUT2D eigenvalue weighted by Crippen LogP contribution is 2.24. The normalized spacial score (nSPS) is 17.2. The topological polar surface area (TPSA) is 37.4 Å². The van der Waals surface area contributed by atoms with E-state index in [9.17, 15) is 9.00 Å². The lowest BCUT2D eigenvalue weighted by Gasteiger charge is -2.26. The highest BCUT2D eigenvalue weighted by atomic mass is 79.9. The molecule has 0 atom stereocenters. The second-order valence-corrected chi connectivity index (χ2v) is 6.73. The Hall–Kier alpha value is -0.390. The van der Waals surface area contributed by atoms with Crippen molar-refractivity contribution >= 4 is 44.2 Å². The molecule has 0 unspecified atom stereocenters. The summed E-state index contributed by atoms with van der Waals surface area (Å²) in [6.07, 6.45) is 0. The Labute approximate surface area is 116 Å². The van der Waals surface area contributed by atoms with Crippen LogP contribution in [-0.4, -0.2) is 39.6 Å². The van der Waals surface area contributed by atoms with Gasteiger partial charge in [-0.25, -0.2) is 0 Å². The zero-order chi connectivity index (χ0) is 12.4. The number of halogens is 2. The largest absolute Gasteiger partial charge is 0.337 e. The third kappa shape index (κ3) is 3.09. The average molecular weight is 337 g/mol. The maximum atomic E-state index is 12.1. The van der Waals surface area contributed by atoms with Crippen molar-refractivity contribution in [2.24, 2.45) is 0 Å². The van der Waals surface area contributed by atoms with Gasteiger partial charge >= 0.3 is 0 Å². The van der Waals surface area contributed by atoms with Crippen molar-refractivity contribution < 1.29 is 9.00 Å². The molecule has 0 aliphatic carbocycles. The number of carbonyl (C=O) groups excluding carboxylic acids is 1. The van der Waals surface area contributed by atoms with Crippen molar-refractivity contribution in [3.05, 3.63) is 33.3 Å². The Bertz CT molecular complexity index is 471. The molecule has 0 bridgehead atoms. The van der Waals surface area contributed by atoms with Crippen LogP contribution in [0.1, 0.15) is 10.4 Å². The Balaban J connectivity index is 2.14. The Kier molecular flexibility index (Phi) is 4.22. The van der Waals surface area contributed by atoms with Crippen molar-refractivity contribution in [2.75, 3.05) is 24.6 Å². The standard InChI is InChI=1S/C11H11BrClNO2S/c12-9-2-1-8(7-10(9)13)11(15)14-3-5-17(16)6-4-14/h1-2,7H,3-6H2. The summed E-state index contributed by atoms with van der Waals surface area (Å²) >= 11 is 9.24. The predicted molar refractivity (Wildman–Crippen MR) is 72.9 cm³/mol. The van der Waals surface area contributed by atoms with E-state index in [0.717, 1.165) is 4.47 Å². The summed E-state index contributed by atoms with van der Waals surface area (Å²) in [5, 5.41) is 0.524. The van der Waals surface area contributed by atoms with Gasteiger partial charge in [0, 0.05) is 45.4 Å². The minimum atomic E-state index is -0.769. The summed E-state index contributed by atoms with van der Waals surface area (Å²) in [4.78, 5) is 13.8. The lowest BCUT2D eigenvalue weighted by molar-refractivity contribution is 0.0771. The van der Waals surface area contributed by atoms with Gasteiger partial charge in [0.1, 0.15) is 0 Å². The molecule has 1 fully saturated rings. The van der Waals surface area contributed by atoms with Gasteiger partial charge < -0.3 is 4.90 Å². The highest BCUT2D eigenvalue weighted by Gasteiger charge is 2.21. The number of benzene rings is 1. The van der Waals surface area contributed by atoms with E-state index in [4.69, 9.17) is 11.6 Å². The molecule has 1 saturated heterocycles. The smallest absolute Gasteiger partial charge is 0.253 e. The fourth-order valence-corrected chi connectivity index (χ4v) is 3.13. The maximum absolute atomic E-state index is 12.1. The molecular formula is C11H11BrClNO2S. The quantitative estimate of drug-likeness (QED) is 0.789. The summed E-state index contributed by atoms with van der Waals surface area (Å²) in [6.45, 7) is 1.11. The molecule has 17 heavy (non-hydrogen) atoms. The number of nitrogens with zero attached hydrogens (tertiary/aromatic N) is 1. The highest BCUT2D eigenvalue weighted by molar-refractivity contribution is 9.10. The van der Waals surface area contributed by atoms with E-state index in [1.165, 1.54) is 0 Å². The minimum Gasteiger partial charge on any atom is -0.337 e. The van der Waals surface area contributed by atoms with Gasteiger partial charge in [-0.05, 0) is 34.1 Å². The van der Waals surface area contributed by atoms with Gasteiger partial charge in [0.25, 0.3) is 5.91 Å². The molecule has 0 spiro atoms. The first-order valence-corrected chi connectivity index (χ1v) is 7.83. The number of carbonyl (C=O) groups is 1. The van der Waals surface area contributed by atoms with Gasteiger partial charge in [0.15, 0.2) is 0 Å². The van der Waals surface area contributed by atoms with Crippen LogP contribution >= 0.6 is 27.5 Å². The first-order chi connectivity index (χ1) is 8.08. The summed E-state index contributed by atoms with van der Waals surface area (Å²) in [6, 6.07) is 5.15. The van der Waals surface area contributed by atoms with Crippen LogP contribution < -0.4 is 0 Å². The lowest BCUT2D eigenvalue weighted by Crippen LogP contribution is -2.41. The Morgan fingerprint density at radius 2 is 2.00 bits per heavy atom. The molecule has 1 aromatic rings. The van der Waals surface area contributed by atoms with E-state index in [2.05, 4.69) is 15.9 Å². The summed E-state index contributed by atoms with van der Waals surface area (Å²) < 4.78 is 12.0. The second kappa shape index (κ2) is 5.50. The van der Waals surface area contributed by atoms with Crippen LogP contribution in [0.4, 0.5) is 0 Å². The van der Waals surface area contributed by atoms with Crippen LogP contribution in [0.5, 0.6) is 0 Å². The maximum Gasteiger partial charge on any atom is 0.253 e. The SMILES string of the molecule is O=C(c1ccc(Br)c(Cl)c1)N1CCS(=O)CC1. The van der Waals surface area contributed by atoms with Crippen LogP contribution in [0.3, 0.4) is 0 Å². The van der Waals surface area contributed by atoms with Crippen molar-refractivity contribution in [3.8, 4) is 0 Å². The molecule has 0 N–H and O–H groups in total. The number of hydrogen-bond acceptors (Lipinski definition) is 2. The second-order valence-electron chi connectivity index (χ2n) is 3.77. The van der Waals surface area contributed by atoms with E-state index in [0.29, 0.717) is 35.2 Å². The van der Waals surface area contributed by atoms with Crippen molar-refractivity contribution in [1.29, 1.82) is 0 Å². The van der Waals surface area contributed by atoms with Gasteiger partial charge in [-0.2, -0.15) is 0 Å². The number of amides is 1. The lowest BCUT2D eigenvalue weighted by atomic mass is 10.2. The minimum absolute atomic E-state index is 0.0453. The van der Waals surface area contributed by atoms with Crippen LogP contribution in [0.25, 0.3) is 0 Å². The molecule has 92 valence electrons. The molecule has 1 aromatic carbocycles. The molecular weight excluding hydrogens is 326 g/mol. The van der Waals surface area contributed by atoms with Gasteiger partial charge in [0.2, 0.25) is 0 Å². The Morgan fingerprint density at radius 3 is 2.59 bits per heavy atom. The summed E-state index contributed by atoms with van der Waals surface area (Å²) in [5.74, 6) is 1.09. The molecule has 1 aliphatic heterocycles. The monoisotopic (exact) mass is 335 g/mol. The fourth-order valence-electron chi connectivity index (χ4n) is 1.65. The molecule has 0 aromatic heterocycles. The van der Waals surface area contributed by atoms with Crippen LogP contribution in [0, 0.1) is 0 Å². The Morgan fingerprint density at radius 1 is 1.35 bits per heavy atom. The first kappa shape index (κ1) is 13.1. The molecule has 6 heteroatoms. The molecule has 2 rings (SSSR count). The zero-order valence-electron chi connectivity index (χ0n) is 8.99. The molecule has 1 aliphatic rings. The molecule has 3 nitrogen and oxygen atoms in total. The van der Waals surface area contributed by atoms with E-state index >= 15 is 0 Å². The summed E-state index contributed by atoms with van der Waals surface area (Å²) in [7, 11) is -0.769. The van der Waals surface area contributed by atoms with Crippen molar-refractivity contribution in [1.82, 2.24) is 4.90 Å². The number of hydrogen-bond donors (Lipinski definition) is 0. The average Bonchev–Trinajstić information content (AvgIpc) is 2.33.